The summed E-state index contributed by atoms with van der Waals surface area (Å²) in [7, 11) is 0. The third-order valence-corrected chi connectivity index (χ3v) is 5.76. The molecular formula is C19H29N3O3. The summed E-state index contributed by atoms with van der Waals surface area (Å²) in [6.07, 6.45) is 2.40. The summed E-state index contributed by atoms with van der Waals surface area (Å²) in [6.45, 7) is 10.2. The first-order chi connectivity index (χ1) is 12.0. The van der Waals surface area contributed by atoms with Crippen molar-refractivity contribution < 1.29 is 14.3 Å². The van der Waals surface area contributed by atoms with Gasteiger partial charge in [0.2, 0.25) is 5.91 Å². The lowest BCUT2D eigenvalue weighted by atomic mass is 9.92. The van der Waals surface area contributed by atoms with Crippen molar-refractivity contribution in [2.45, 2.75) is 40.0 Å². The van der Waals surface area contributed by atoms with Crippen LogP contribution in [0.2, 0.25) is 0 Å². The molecule has 2 saturated heterocycles. The van der Waals surface area contributed by atoms with E-state index in [1.807, 2.05) is 30.6 Å². The highest BCUT2D eigenvalue weighted by molar-refractivity contribution is 5.94. The number of H-pyrrole nitrogens is 1. The standard InChI is InChI=1S/C19H29N3O3/c1-13-14(2)18(20-15(13)3)19(24)22-6-4-16(5-7-22)12-17(23)21-8-10-25-11-9-21/h16,20H,4-12H2,1-3H3. The second-order valence-corrected chi connectivity index (χ2v) is 7.31. The second-order valence-electron chi connectivity index (χ2n) is 7.31. The van der Waals surface area contributed by atoms with Crippen molar-refractivity contribution in [1.29, 1.82) is 0 Å². The van der Waals surface area contributed by atoms with Gasteiger partial charge >= 0.3 is 0 Å². The normalized spacial score (nSPS) is 19.3. The molecule has 0 atom stereocenters. The molecular weight excluding hydrogens is 318 g/mol. The Morgan fingerprint density at radius 2 is 1.64 bits per heavy atom. The van der Waals surface area contributed by atoms with Gasteiger partial charge in [-0.25, -0.2) is 0 Å². The number of aromatic amines is 1. The van der Waals surface area contributed by atoms with Crippen LogP contribution >= 0.6 is 0 Å². The highest BCUT2D eigenvalue weighted by Crippen LogP contribution is 2.24. The highest BCUT2D eigenvalue weighted by Gasteiger charge is 2.28. The summed E-state index contributed by atoms with van der Waals surface area (Å²) in [4.78, 5) is 32.2. The molecule has 0 unspecified atom stereocenters. The van der Waals surface area contributed by atoms with Crippen LogP contribution in [0.1, 0.15) is 46.6 Å². The Bertz CT molecular complexity index is 639. The van der Waals surface area contributed by atoms with Crippen molar-refractivity contribution in [1.82, 2.24) is 14.8 Å². The molecule has 2 aliphatic rings. The lowest BCUT2D eigenvalue weighted by molar-refractivity contribution is -0.136. The molecule has 1 N–H and O–H groups in total. The number of amides is 2. The first-order valence-corrected chi connectivity index (χ1v) is 9.28. The van der Waals surface area contributed by atoms with Crippen molar-refractivity contribution >= 4 is 11.8 Å². The van der Waals surface area contributed by atoms with E-state index in [-0.39, 0.29) is 11.8 Å². The Morgan fingerprint density at radius 3 is 2.20 bits per heavy atom. The molecule has 2 aliphatic heterocycles. The van der Waals surface area contributed by atoms with Crippen LogP contribution in [0.5, 0.6) is 0 Å². The van der Waals surface area contributed by atoms with Crippen molar-refractivity contribution in [3.05, 3.63) is 22.5 Å². The summed E-state index contributed by atoms with van der Waals surface area (Å²) < 4.78 is 5.30. The minimum Gasteiger partial charge on any atom is -0.378 e. The number of morpholine rings is 1. The predicted octanol–water partition coefficient (Wildman–Crippen LogP) is 2.04. The lowest BCUT2D eigenvalue weighted by Gasteiger charge is -2.33. The Labute approximate surface area is 149 Å². The number of hydrogen-bond acceptors (Lipinski definition) is 3. The van der Waals surface area contributed by atoms with E-state index < -0.39 is 0 Å². The predicted molar refractivity (Wildman–Crippen MR) is 95.6 cm³/mol. The average molecular weight is 347 g/mol. The quantitative estimate of drug-likeness (QED) is 0.910. The molecule has 6 heteroatoms. The van der Waals surface area contributed by atoms with Crippen LogP contribution in [0.3, 0.4) is 0 Å². The van der Waals surface area contributed by atoms with Crippen LogP contribution in [0.15, 0.2) is 0 Å². The van der Waals surface area contributed by atoms with Gasteiger partial charge in [0.25, 0.3) is 5.91 Å². The molecule has 3 heterocycles. The van der Waals surface area contributed by atoms with Gasteiger partial charge in [-0.15, -0.1) is 0 Å². The molecule has 1 aromatic heterocycles. The van der Waals surface area contributed by atoms with Gasteiger partial charge in [-0.3, -0.25) is 9.59 Å². The van der Waals surface area contributed by atoms with Gasteiger partial charge in [0.05, 0.1) is 13.2 Å². The van der Waals surface area contributed by atoms with Crippen molar-refractivity contribution in [2.75, 3.05) is 39.4 Å². The number of rotatable bonds is 3. The Kier molecular flexibility index (Phi) is 5.47. The van der Waals surface area contributed by atoms with Gasteiger partial charge in [0.15, 0.2) is 0 Å². The van der Waals surface area contributed by atoms with E-state index in [2.05, 4.69) is 4.98 Å². The van der Waals surface area contributed by atoms with Crippen LogP contribution in [0.25, 0.3) is 0 Å². The van der Waals surface area contributed by atoms with Crippen molar-refractivity contribution in [3.8, 4) is 0 Å². The fourth-order valence-corrected chi connectivity index (χ4v) is 3.74. The van der Waals surface area contributed by atoms with E-state index in [4.69, 9.17) is 4.74 Å². The maximum Gasteiger partial charge on any atom is 0.270 e. The zero-order valence-electron chi connectivity index (χ0n) is 15.6. The summed E-state index contributed by atoms with van der Waals surface area (Å²) in [6, 6.07) is 0. The molecule has 138 valence electrons. The van der Waals surface area contributed by atoms with Gasteiger partial charge in [-0.05, 0) is 50.7 Å². The molecule has 0 saturated carbocycles. The third kappa shape index (κ3) is 3.89. The number of hydrogen-bond donors (Lipinski definition) is 1. The van der Waals surface area contributed by atoms with Gasteiger partial charge in [-0.2, -0.15) is 0 Å². The highest BCUT2D eigenvalue weighted by atomic mass is 16.5. The first-order valence-electron chi connectivity index (χ1n) is 9.28. The number of aromatic nitrogens is 1. The molecule has 0 aliphatic carbocycles. The summed E-state index contributed by atoms with van der Waals surface area (Å²) in [5.74, 6) is 0.707. The Hall–Kier alpha value is -1.82. The van der Waals surface area contributed by atoms with Crippen LogP contribution in [-0.2, 0) is 9.53 Å². The number of aryl methyl sites for hydroxylation is 1. The summed E-state index contributed by atoms with van der Waals surface area (Å²) in [5, 5.41) is 0. The van der Waals surface area contributed by atoms with E-state index in [1.54, 1.807) is 0 Å². The van der Waals surface area contributed by atoms with E-state index in [1.165, 1.54) is 0 Å². The topological polar surface area (TPSA) is 65.6 Å². The van der Waals surface area contributed by atoms with E-state index in [9.17, 15) is 9.59 Å². The molecule has 25 heavy (non-hydrogen) atoms. The summed E-state index contributed by atoms with van der Waals surface area (Å²) >= 11 is 0. The zero-order valence-corrected chi connectivity index (χ0v) is 15.6. The average Bonchev–Trinajstić information content (AvgIpc) is 2.90. The molecule has 0 radical (unpaired) electrons. The summed E-state index contributed by atoms with van der Waals surface area (Å²) in [5.41, 5.74) is 3.99. The van der Waals surface area contributed by atoms with Crippen molar-refractivity contribution in [3.63, 3.8) is 0 Å². The van der Waals surface area contributed by atoms with Crippen molar-refractivity contribution in [2.24, 2.45) is 5.92 Å². The second kappa shape index (κ2) is 7.60. The monoisotopic (exact) mass is 347 g/mol. The number of piperidine rings is 1. The van der Waals surface area contributed by atoms with E-state index >= 15 is 0 Å². The maximum atomic E-state index is 12.8. The molecule has 2 fully saturated rings. The fraction of sp³-hybridized carbons (Fsp3) is 0.684. The van der Waals surface area contributed by atoms with Crippen LogP contribution in [0, 0.1) is 26.7 Å². The fourth-order valence-electron chi connectivity index (χ4n) is 3.74. The Morgan fingerprint density at radius 1 is 1.00 bits per heavy atom. The molecule has 0 aromatic carbocycles. The van der Waals surface area contributed by atoms with E-state index in [0.717, 1.165) is 48.4 Å². The minimum atomic E-state index is 0.0895. The van der Waals surface area contributed by atoms with Gasteiger partial charge in [0, 0.05) is 38.3 Å². The number of likely N-dealkylation sites (tertiary alicyclic amines) is 1. The third-order valence-electron chi connectivity index (χ3n) is 5.76. The largest absolute Gasteiger partial charge is 0.378 e. The van der Waals surface area contributed by atoms with Gasteiger partial charge < -0.3 is 19.5 Å². The van der Waals surface area contributed by atoms with Gasteiger partial charge in [-0.1, -0.05) is 0 Å². The lowest BCUT2D eigenvalue weighted by Crippen LogP contribution is -2.43. The molecule has 2 amide bonds. The zero-order chi connectivity index (χ0) is 18.0. The first kappa shape index (κ1) is 18.0. The molecule has 6 nitrogen and oxygen atoms in total. The smallest absolute Gasteiger partial charge is 0.270 e. The number of nitrogens with one attached hydrogen (secondary N) is 1. The van der Waals surface area contributed by atoms with E-state index in [0.29, 0.717) is 38.6 Å². The Balaban J connectivity index is 1.52. The number of carbonyl (C=O) groups is 2. The number of ether oxygens (including phenoxy) is 1. The van der Waals surface area contributed by atoms with Gasteiger partial charge in [0.1, 0.15) is 5.69 Å². The molecule has 1 aromatic rings. The van der Waals surface area contributed by atoms with Crippen LogP contribution in [0.4, 0.5) is 0 Å². The number of carbonyl (C=O) groups excluding carboxylic acids is 2. The maximum absolute atomic E-state index is 12.8. The van der Waals surface area contributed by atoms with Crippen LogP contribution in [-0.4, -0.2) is 66.0 Å². The molecule has 0 bridgehead atoms. The molecule has 3 rings (SSSR count). The van der Waals surface area contributed by atoms with Crippen LogP contribution < -0.4 is 0 Å². The molecule has 0 spiro atoms. The SMILES string of the molecule is Cc1[nH]c(C(=O)N2CCC(CC(=O)N3CCOCC3)CC2)c(C)c1C. The number of nitrogens with zero attached hydrogens (tertiary/aromatic N) is 2. The minimum absolute atomic E-state index is 0.0895.